The van der Waals surface area contributed by atoms with Gasteiger partial charge in [0.05, 0.1) is 0 Å². The van der Waals surface area contributed by atoms with Gasteiger partial charge in [-0.1, -0.05) is 35.0 Å². The minimum absolute atomic E-state index is 0.871. The van der Waals surface area contributed by atoms with Crippen LogP contribution in [-0.2, 0) is 16.1 Å². The lowest BCUT2D eigenvalue weighted by Crippen LogP contribution is -2.50. The van der Waals surface area contributed by atoms with E-state index in [-0.39, 0.29) is 0 Å². The van der Waals surface area contributed by atoms with Crippen molar-refractivity contribution in [3.05, 3.63) is 34.3 Å². The molecule has 150 valence electrons. The van der Waals surface area contributed by atoms with Crippen molar-refractivity contribution in [1.29, 1.82) is 0 Å². The van der Waals surface area contributed by atoms with Gasteiger partial charge in [0, 0.05) is 43.2 Å². The van der Waals surface area contributed by atoms with Gasteiger partial charge in [-0.2, -0.15) is 0 Å². The molecule has 1 aromatic carbocycles. The zero-order valence-electron chi connectivity index (χ0n) is 15.8. The number of hydrogen-bond acceptors (Lipinski definition) is 4. The Morgan fingerprint density at radius 3 is 1.96 bits per heavy atom. The van der Waals surface area contributed by atoms with Crippen molar-refractivity contribution >= 4 is 27.9 Å². The lowest BCUT2D eigenvalue weighted by atomic mass is 9.86. The summed E-state index contributed by atoms with van der Waals surface area (Å²) in [6.45, 7) is 8.48. The quantitative estimate of drug-likeness (QED) is 0.701. The van der Waals surface area contributed by atoms with E-state index >= 15 is 0 Å². The maximum Gasteiger partial charge on any atom is 0.414 e. The molecule has 2 N–H and O–H groups in total. The Hall–Kier alpha value is -1.44. The number of halogens is 1. The zero-order valence-corrected chi connectivity index (χ0v) is 17.4. The highest BCUT2D eigenvalue weighted by Gasteiger charge is 2.26. The van der Waals surface area contributed by atoms with Crippen molar-refractivity contribution in [2.24, 2.45) is 5.92 Å². The van der Waals surface area contributed by atoms with E-state index in [2.05, 4.69) is 56.9 Å². The second kappa shape index (κ2) is 10.8. The van der Waals surface area contributed by atoms with E-state index < -0.39 is 11.9 Å². The van der Waals surface area contributed by atoms with Gasteiger partial charge in [-0.3, -0.25) is 9.80 Å². The summed E-state index contributed by atoms with van der Waals surface area (Å²) >= 11 is 3.51. The van der Waals surface area contributed by atoms with Crippen LogP contribution in [0.3, 0.4) is 0 Å². The Morgan fingerprint density at radius 1 is 0.963 bits per heavy atom. The van der Waals surface area contributed by atoms with E-state index in [0.717, 1.165) is 18.5 Å². The van der Waals surface area contributed by atoms with Crippen molar-refractivity contribution in [2.75, 3.05) is 26.2 Å². The summed E-state index contributed by atoms with van der Waals surface area (Å²) < 4.78 is 1.17. The van der Waals surface area contributed by atoms with Crippen molar-refractivity contribution in [2.45, 2.75) is 45.2 Å². The van der Waals surface area contributed by atoms with Crippen LogP contribution in [0.1, 0.15) is 38.2 Å². The maximum absolute atomic E-state index is 9.10. The van der Waals surface area contributed by atoms with E-state index in [1.54, 1.807) is 0 Å². The van der Waals surface area contributed by atoms with Gasteiger partial charge in [-0.05, 0) is 49.3 Å². The fourth-order valence-corrected chi connectivity index (χ4v) is 4.01. The molecule has 1 saturated carbocycles. The minimum Gasteiger partial charge on any atom is -0.473 e. The Bertz CT molecular complexity index is 595. The molecule has 2 aliphatic rings. The fraction of sp³-hybridized carbons (Fsp3) is 0.600. The molecule has 2 fully saturated rings. The number of piperazine rings is 1. The minimum atomic E-state index is -1.82. The van der Waals surface area contributed by atoms with E-state index in [4.69, 9.17) is 19.8 Å². The predicted molar refractivity (Wildman–Crippen MR) is 108 cm³/mol. The summed E-state index contributed by atoms with van der Waals surface area (Å²) in [4.78, 5) is 23.6. The Kier molecular flexibility index (Phi) is 8.73. The molecular weight excluding hydrogens is 412 g/mol. The van der Waals surface area contributed by atoms with Crippen molar-refractivity contribution in [1.82, 2.24) is 9.80 Å². The van der Waals surface area contributed by atoms with Crippen molar-refractivity contribution in [3.8, 4) is 0 Å². The van der Waals surface area contributed by atoms with E-state index in [0.29, 0.717) is 0 Å². The number of rotatable bonds is 3. The molecule has 1 aliphatic heterocycles. The molecule has 0 bridgehead atoms. The lowest BCUT2D eigenvalue weighted by Gasteiger charge is -2.41. The summed E-state index contributed by atoms with van der Waals surface area (Å²) in [6, 6.07) is 9.64. The number of benzene rings is 1. The van der Waals surface area contributed by atoms with Gasteiger partial charge in [0.1, 0.15) is 0 Å². The summed E-state index contributed by atoms with van der Waals surface area (Å²) in [5.41, 5.74) is 1.43. The molecule has 1 heterocycles. The Morgan fingerprint density at radius 2 is 1.48 bits per heavy atom. The lowest BCUT2D eigenvalue weighted by molar-refractivity contribution is -0.159. The molecule has 1 aromatic rings. The van der Waals surface area contributed by atoms with Crippen LogP contribution in [0.15, 0.2) is 28.7 Å². The number of hydrogen-bond donors (Lipinski definition) is 2. The molecule has 27 heavy (non-hydrogen) atoms. The Balaban J connectivity index is 0.000000380. The van der Waals surface area contributed by atoms with Gasteiger partial charge < -0.3 is 10.2 Å². The third kappa shape index (κ3) is 7.60. The van der Waals surface area contributed by atoms with E-state index in [1.807, 2.05) is 0 Å². The second-order valence-corrected chi connectivity index (χ2v) is 8.38. The highest BCUT2D eigenvalue weighted by atomic mass is 79.9. The molecular formula is C20H29BrN2O4. The third-order valence-corrected chi connectivity index (χ3v) is 5.94. The van der Waals surface area contributed by atoms with E-state index in [1.165, 1.54) is 61.9 Å². The number of nitrogens with zero attached hydrogens (tertiary/aromatic N) is 2. The molecule has 0 atom stereocenters. The first-order chi connectivity index (χ1) is 12.8. The topological polar surface area (TPSA) is 81.1 Å². The standard InChI is InChI=1S/C18H27BrN2.C2H2O4/c1-15-2-8-18(9-3-15)21-12-10-20(11-13-21)14-16-4-6-17(19)7-5-16;3-1(4)2(5)6/h4-7,15,18H,2-3,8-14H2,1H3;(H,3,4)(H,5,6). The maximum atomic E-state index is 9.10. The normalized spacial score (nSPS) is 23.9. The van der Waals surface area contributed by atoms with Gasteiger partial charge in [0.25, 0.3) is 0 Å². The first kappa shape index (κ1) is 21.9. The van der Waals surface area contributed by atoms with Crippen molar-refractivity contribution in [3.63, 3.8) is 0 Å². The highest BCUT2D eigenvalue weighted by molar-refractivity contribution is 9.10. The van der Waals surface area contributed by atoms with Gasteiger partial charge in [-0.25, -0.2) is 9.59 Å². The van der Waals surface area contributed by atoms with Crippen LogP contribution < -0.4 is 0 Å². The molecule has 0 spiro atoms. The van der Waals surface area contributed by atoms with Crippen molar-refractivity contribution < 1.29 is 19.8 Å². The molecule has 0 unspecified atom stereocenters. The average molecular weight is 441 g/mol. The summed E-state index contributed by atoms with van der Waals surface area (Å²) in [7, 11) is 0. The van der Waals surface area contributed by atoms with Crippen LogP contribution in [0.25, 0.3) is 0 Å². The molecule has 0 radical (unpaired) electrons. The summed E-state index contributed by atoms with van der Waals surface area (Å²) in [5.74, 6) is -2.69. The number of carboxylic acids is 2. The molecule has 0 aromatic heterocycles. The van der Waals surface area contributed by atoms with Crippen LogP contribution >= 0.6 is 15.9 Å². The van der Waals surface area contributed by atoms with Gasteiger partial charge >= 0.3 is 11.9 Å². The third-order valence-electron chi connectivity index (χ3n) is 5.41. The molecule has 6 nitrogen and oxygen atoms in total. The predicted octanol–water partition coefficient (Wildman–Crippen LogP) is 3.30. The van der Waals surface area contributed by atoms with Crippen LogP contribution in [0.2, 0.25) is 0 Å². The highest BCUT2D eigenvalue weighted by Crippen LogP contribution is 2.27. The molecule has 1 aliphatic carbocycles. The zero-order chi connectivity index (χ0) is 19.8. The van der Waals surface area contributed by atoms with Gasteiger partial charge in [0.15, 0.2) is 0 Å². The van der Waals surface area contributed by atoms with Gasteiger partial charge in [-0.15, -0.1) is 0 Å². The number of aliphatic carboxylic acids is 2. The smallest absolute Gasteiger partial charge is 0.414 e. The number of carbonyl (C=O) groups is 2. The second-order valence-electron chi connectivity index (χ2n) is 7.46. The fourth-order valence-electron chi connectivity index (χ4n) is 3.74. The van der Waals surface area contributed by atoms with Crippen LogP contribution in [0.5, 0.6) is 0 Å². The molecule has 0 amide bonds. The molecule has 3 rings (SSSR count). The van der Waals surface area contributed by atoms with Crippen LogP contribution in [-0.4, -0.2) is 64.2 Å². The van der Waals surface area contributed by atoms with E-state index in [9.17, 15) is 0 Å². The van der Waals surface area contributed by atoms with Crippen LogP contribution in [0, 0.1) is 5.92 Å². The first-order valence-corrected chi connectivity index (χ1v) is 10.3. The summed E-state index contributed by atoms with van der Waals surface area (Å²) in [5, 5.41) is 14.8. The molecule has 7 heteroatoms. The Labute approximate surface area is 169 Å². The SMILES string of the molecule is CC1CCC(N2CCN(Cc3ccc(Br)cc3)CC2)CC1.O=C(O)C(=O)O. The molecule has 1 saturated heterocycles. The van der Waals surface area contributed by atoms with Crippen LogP contribution in [0.4, 0.5) is 0 Å². The average Bonchev–Trinajstić information content (AvgIpc) is 2.65. The first-order valence-electron chi connectivity index (χ1n) is 9.52. The summed E-state index contributed by atoms with van der Waals surface area (Å²) in [6.07, 6.45) is 5.72. The monoisotopic (exact) mass is 440 g/mol. The van der Waals surface area contributed by atoms with Gasteiger partial charge in [0.2, 0.25) is 0 Å². The largest absolute Gasteiger partial charge is 0.473 e. The number of carboxylic acid groups (broad SMARTS) is 2.